The number of hydrogen-bond acceptors (Lipinski definition) is 4. The van der Waals surface area contributed by atoms with Crippen molar-refractivity contribution in [2.75, 3.05) is 5.43 Å². The van der Waals surface area contributed by atoms with E-state index in [-0.39, 0.29) is 32.0 Å². The molecule has 0 saturated carbocycles. The van der Waals surface area contributed by atoms with E-state index in [9.17, 15) is 9.18 Å². The van der Waals surface area contributed by atoms with Gasteiger partial charge in [0.05, 0.1) is 37.7 Å². The van der Waals surface area contributed by atoms with Gasteiger partial charge >= 0.3 is 0 Å². The number of nitrogens with two attached hydrogens (primary N) is 1. The highest BCUT2D eigenvalue weighted by Crippen LogP contribution is 2.31. The molecule has 130 valence electrons. The molecule has 0 aliphatic heterocycles. The zero-order valence-electron chi connectivity index (χ0n) is 12.9. The van der Waals surface area contributed by atoms with Crippen LogP contribution in [0.2, 0.25) is 15.1 Å². The average Bonchev–Trinajstić information content (AvgIpc) is 2.51. The van der Waals surface area contributed by atoms with Crippen LogP contribution in [0.1, 0.15) is 18.8 Å². The Labute approximate surface area is 157 Å². The van der Waals surface area contributed by atoms with E-state index in [2.05, 4.69) is 10.4 Å². The zero-order valence-corrected chi connectivity index (χ0v) is 15.1. The molecule has 0 unspecified atom stereocenters. The second kappa shape index (κ2) is 6.80. The molecule has 0 saturated heterocycles. The maximum absolute atomic E-state index is 13.4. The fourth-order valence-electron chi connectivity index (χ4n) is 2.38. The van der Waals surface area contributed by atoms with Gasteiger partial charge in [0.15, 0.2) is 0 Å². The third-order valence-corrected chi connectivity index (χ3v) is 4.42. The number of nitrogens with zero attached hydrogens (tertiary/aromatic N) is 2. The summed E-state index contributed by atoms with van der Waals surface area (Å²) in [6.45, 7) is 1.67. The van der Waals surface area contributed by atoms with Crippen molar-refractivity contribution in [3.05, 3.63) is 67.4 Å². The molecule has 0 spiro atoms. The molecular weight excluding hydrogens is 390 g/mol. The van der Waals surface area contributed by atoms with Crippen LogP contribution in [0.5, 0.6) is 0 Å². The Balaban J connectivity index is 2.29. The fraction of sp³-hybridized carbons (Fsp3) is 0.125. The van der Waals surface area contributed by atoms with Crippen molar-refractivity contribution in [3.8, 4) is 0 Å². The summed E-state index contributed by atoms with van der Waals surface area (Å²) in [4.78, 5) is 17.3. The molecular formula is C16H12Cl3FN4O. The minimum atomic E-state index is -0.597. The molecule has 0 aliphatic carbocycles. The smallest absolute Gasteiger partial charge is 0.281 e. The van der Waals surface area contributed by atoms with Crippen molar-refractivity contribution in [3.63, 3.8) is 0 Å². The van der Waals surface area contributed by atoms with Crippen LogP contribution in [0.4, 0.5) is 10.1 Å². The first-order valence-electron chi connectivity index (χ1n) is 7.18. The number of anilines is 1. The molecule has 0 bridgehead atoms. The Hall–Kier alpha value is -1.86. The van der Waals surface area contributed by atoms with Gasteiger partial charge < -0.3 is 5.73 Å². The van der Waals surface area contributed by atoms with Crippen LogP contribution in [0, 0.1) is 5.82 Å². The van der Waals surface area contributed by atoms with Gasteiger partial charge in [0, 0.05) is 0 Å². The SMILES string of the molecule is C[C@H](N)c1nc2cccc(Cl)c2c(=O)n1Nc1c(Cl)cc(F)cc1Cl. The van der Waals surface area contributed by atoms with Crippen molar-refractivity contribution in [1.29, 1.82) is 0 Å². The number of benzene rings is 2. The molecule has 1 atom stereocenters. The van der Waals surface area contributed by atoms with Gasteiger partial charge in [0.1, 0.15) is 11.6 Å². The third-order valence-electron chi connectivity index (χ3n) is 3.51. The lowest BCUT2D eigenvalue weighted by molar-refractivity contribution is 0.627. The largest absolute Gasteiger partial charge is 0.322 e. The molecule has 0 aliphatic rings. The standard InChI is InChI=1S/C16H12Cl3FN4O/c1-7(21)15-22-12-4-2-3-9(17)13(12)16(25)24(15)23-14-10(18)5-8(20)6-11(14)19/h2-7,23H,21H2,1H3/t7-/m0/s1. The first-order chi connectivity index (χ1) is 11.8. The van der Waals surface area contributed by atoms with Gasteiger partial charge in [-0.25, -0.2) is 14.1 Å². The Morgan fingerprint density at radius 1 is 1.20 bits per heavy atom. The molecule has 5 nitrogen and oxygen atoms in total. The Morgan fingerprint density at radius 2 is 1.84 bits per heavy atom. The first-order valence-corrected chi connectivity index (χ1v) is 8.31. The van der Waals surface area contributed by atoms with Gasteiger partial charge in [0.2, 0.25) is 0 Å². The highest BCUT2D eigenvalue weighted by molar-refractivity contribution is 6.39. The van der Waals surface area contributed by atoms with Gasteiger partial charge in [-0.2, -0.15) is 0 Å². The monoisotopic (exact) mass is 400 g/mol. The van der Waals surface area contributed by atoms with Gasteiger partial charge in [-0.1, -0.05) is 40.9 Å². The van der Waals surface area contributed by atoms with E-state index in [1.54, 1.807) is 25.1 Å². The molecule has 25 heavy (non-hydrogen) atoms. The van der Waals surface area contributed by atoms with Crippen LogP contribution in [0.15, 0.2) is 35.1 Å². The second-order valence-electron chi connectivity index (χ2n) is 5.39. The van der Waals surface area contributed by atoms with E-state index in [4.69, 9.17) is 40.5 Å². The summed E-state index contributed by atoms with van der Waals surface area (Å²) in [6.07, 6.45) is 0. The molecule has 3 aromatic rings. The average molecular weight is 402 g/mol. The molecule has 1 heterocycles. The summed E-state index contributed by atoms with van der Waals surface area (Å²) < 4.78 is 14.5. The molecule has 9 heteroatoms. The fourth-order valence-corrected chi connectivity index (χ4v) is 3.18. The Bertz CT molecular complexity index is 1010. The summed E-state index contributed by atoms with van der Waals surface area (Å²) in [5.74, 6) is -0.351. The van der Waals surface area contributed by atoms with Crippen LogP contribution in [0.3, 0.4) is 0 Å². The van der Waals surface area contributed by atoms with E-state index >= 15 is 0 Å². The van der Waals surface area contributed by atoms with E-state index in [1.165, 1.54) is 0 Å². The number of aromatic nitrogens is 2. The normalized spacial score (nSPS) is 12.4. The van der Waals surface area contributed by atoms with Crippen LogP contribution >= 0.6 is 34.8 Å². The van der Waals surface area contributed by atoms with E-state index in [0.717, 1.165) is 16.8 Å². The van der Waals surface area contributed by atoms with E-state index in [1.807, 2.05) is 0 Å². The second-order valence-corrected chi connectivity index (χ2v) is 6.61. The maximum atomic E-state index is 13.4. The van der Waals surface area contributed by atoms with Crippen LogP contribution in [-0.4, -0.2) is 9.66 Å². The lowest BCUT2D eigenvalue weighted by atomic mass is 10.2. The topological polar surface area (TPSA) is 72.9 Å². The van der Waals surface area contributed by atoms with Crippen LogP contribution in [0.25, 0.3) is 10.9 Å². The van der Waals surface area contributed by atoms with Crippen molar-refractivity contribution in [2.24, 2.45) is 5.73 Å². The first kappa shape index (κ1) is 17.9. The minimum absolute atomic E-state index is 0.00628. The predicted molar refractivity (Wildman–Crippen MR) is 99.1 cm³/mol. The van der Waals surface area contributed by atoms with Gasteiger partial charge in [-0.15, -0.1) is 0 Å². The van der Waals surface area contributed by atoms with Gasteiger partial charge in [-0.3, -0.25) is 10.2 Å². The number of fused-ring (bicyclic) bond motifs is 1. The highest BCUT2D eigenvalue weighted by Gasteiger charge is 2.18. The Kier molecular flexibility index (Phi) is 4.88. The summed E-state index contributed by atoms with van der Waals surface area (Å²) >= 11 is 18.2. The van der Waals surface area contributed by atoms with Gasteiger partial charge in [0.25, 0.3) is 5.56 Å². The van der Waals surface area contributed by atoms with E-state index < -0.39 is 17.4 Å². The lowest BCUT2D eigenvalue weighted by Gasteiger charge is -2.19. The molecule has 3 N–H and O–H groups in total. The third kappa shape index (κ3) is 3.30. The highest BCUT2D eigenvalue weighted by atomic mass is 35.5. The van der Waals surface area contributed by atoms with Crippen molar-refractivity contribution in [2.45, 2.75) is 13.0 Å². The lowest BCUT2D eigenvalue weighted by Crippen LogP contribution is -2.33. The summed E-state index contributed by atoms with van der Waals surface area (Å²) in [7, 11) is 0. The molecule has 2 aromatic carbocycles. The van der Waals surface area contributed by atoms with E-state index in [0.29, 0.717) is 5.52 Å². The number of halogens is 4. The predicted octanol–water partition coefficient (Wildman–Crippen LogP) is 4.39. The van der Waals surface area contributed by atoms with Crippen LogP contribution < -0.4 is 16.7 Å². The maximum Gasteiger partial charge on any atom is 0.281 e. The number of nitrogens with one attached hydrogen (secondary N) is 1. The quantitative estimate of drug-likeness (QED) is 0.682. The zero-order chi connectivity index (χ0) is 18.3. The summed E-state index contributed by atoms with van der Waals surface area (Å²) in [6, 6.07) is 6.51. The Morgan fingerprint density at radius 3 is 2.44 bits per heavy atom. The molecule has 0 fully saturated rings. The van der Waals surface area contributed by atoms with Crippen molar-refractivity contribution in [1.82, 2.24) is 9.66 Å². The molecule has 0 amide bonds. The minimum Gasteiger partial charge on any atom is -0.322 e. The molecule has 0 radical (unpaired) electrons. The molecule has 3 rings (SSSR count). The summed E-state index contributed by atoms with van der Waals surface area (Å²) in [5.41, 5.74) is 8.82. The number of hydrogen-bond donors (Lipinski definition) is 2. The summed E-state index contributed by atoms with van der Waals surface area (Å²) in [5, 5.41) is 0.479. The van der Waals surface area contributed by atoms with Crippen LogP contribution in [-0.2, 0) is 0 Å². The number of rotatable bonds is 3. The molecule has 1 aromatic heterocycles. The van der Waals surface area contributed by atoms with Crippen molar-refractivity contribution < 1.29 is 4.39 Å². The van der Waals surface area contributed by atoms with Gasteiger partial charge in [-0.05, 0) is 31.2 Å². The van der Waals surface area contributed by atoms with Crippen molar-refractivity contribution >= 4 is 51.4 Å².